The number of hydrogen-bond donors (Lipinski definition) is 2. The van der Waals surface area contributed by atoms with E-state index in [1.807, 2.05) is 0 Å². The first-order valence-electron chi connectivity index (χ1n) is 5.28. The molecule has 0 heterocycles. The highest BCUT2D eigenvalue weighted by Crippen LogP contribution is 2.26. The number of halogens is 3. The summed E-state index contributed by atoms with van der Waals surface area (Å²) in [6.45, 7) is 0. The van der Waals surface area contributed by atoms with Crippen LogP contribution in [0.25, 0.3) is 0 Å². The predicted molar refractivity (Wildman–Crippen MR) is 85.7 cm³/mol. The van der Waals surface area contributed by atoms with Gasteiger partial charge in [-0.05, 0) is 52.3 Å². The lowest BCUT2D eigenvalue weighted by atomic mass is 10.2. The third kappa shape index (κ3) is 3.72. The fraction of sp³-hybridized carbons (Fsp3) is 0. The molecule has 6 heteroatoms. The highest BCUT2D eigenvalue weighted by atomic mass is 79.9. The summed E-state index contributed by atoms with van der Waals surface area (Å²) >= 11 is 12.6. The molecule has 0 saturated carbocycles. The Morgan fingerprint density at radius 2 is 1.89 bits per heavy atom. The molecular weight excluding hydrogens is 395 g/mol. The lowest BCUT2D eigenvalue weighted by Gasteiger charge is -2.09. The smallest absolute Gasteiger partial charge is 0.255 e. The van der Waals surface area contributed by atoms with E-state index in [1.54, 1.807) is 36.4 Å². The van der Waals surface area contributed by atoms with Gasteiger partial charge in [0.2, 0.25) is 0 Å². The van der Waals surface area contributed by atoms with Crippen molar-refractivity contribution in [1.29, 1.82) is 0 Å². The van der Waals surface area contributed by atoms with Crippen LogP contribution in [0.15, 0.2) is 45.3 Å². The Morgan fingerprint density at radius 1 is 1.16 bits per heavy atom. The van der Waals surface area contributed by atoms with Gasteiger partial charge in [-0.25, -0.2) is 0 Å². The van der Waals surface area contributed by atoms with Crippen molar-refractivity contribution in [3.8, 4) is 0 Å². The topological polar surface area (TPSA) is 55.1 Å². The van der Waals surface area contributed by atoms with E-state index in [0.717, 1.165) is 8.95 Å². The van der Waals surface area contributed by atoms with Gasteiger partial charge in [-0.1, -0.05) is 27.5 Å². The average Bonchev–Trinajstić information content (AvgIpc) is 2.32. The molecule has 1 amide bonds. The van der Waals surface area contributed by atoms with E-state index in [2.05, 4.69) is 37.2 Å². The predicted octanol–water partition coefficient (Wildman–Crippen LogP) is 4.70. The van der Waals surface area contributed by atoms with Gasteiger partial charge < -0.3 is 11.1 Å². The Labute approximate surface area is 132 Å². The van der Waals surface area contributed by atoms with Crippen molar-refractivity contribution in [3.63, 3.8) is 0 Å². The van der Waals surface area contributed by atoms with Gasteiger partial charge in [0, 0.05) is 25.2 Å². The normalized spacial score (nSPS) is 10.3. The Morgan fingerprint density at radius 3 is 2.58 bits per heavy atom. The van der Waals surface area contributed by atoms with Crippen LogP contribution in [0.4, 0.5) is 11.4 Å². The minimum absolute atomic E-state index is 0.255. The first kappa shape index (κ1) is 14.4. The first-order valence-corrected chi connectivity index (χ1v) is 7.24. The second kappa shape index (κ2) is 5.94. The van der Waals surface area contributed by atoms with E-state index in [-0.39, 0.29) is 5.91 Å². The second-order valence-electron chi connectivity index (χ2n) is 3.85. The molecule has 0 aliphatic heterocycles. The van der Waals surface area contributed by atoms with E-state index in [1.165, 1.54) is 0 Å². The van der Waals surface area contributed by atoms with E-state index in [9.17, 15) is 4.79 Å². The number of nitrogen functional groups attached to an aromatic ring is 1. The van der Waals surface area contributed by atoms with Crippen molar-refractivity contribution in [2.75, 3.05) is 11.1 Å². The zero-order chi connectivity index (χ0) is 14.0. The molecule has 0 atom stereocenters. The van der Waals surface area contributed by atoms with Crippen LogP contribution >= 0.6 is 43.5 Å². The van der Waals surface area contributed by atoms with Gasteiger partial charge >= 0.3 is 0 Å². The third-order valence-electron chi connectivity index (χ3n) is 2.36. The molecule has 3 N–H and O–H groups in total. The van der Waals surface area contributed by atoms with Crippen LogP contribution in [0.1, 0.15) is 10.4 Å². The van der Waals surface area contributed by atoms with Crippen LogP contribution in [0.5, 0.6) is 0 Å². The molecule has 3 nitrogen and oxygen atoms in total. The van der Waals surface area contributed by atoms with Gasteiger partial charge in [-0.3, -0.25) is 4.79 Å². The van der Waals surface area contributed by atoms with Gasteiger partial charge in [0.25, 0.3) is 5.91 Å². The number of benzene rings is 2. The van der Waals surface area contributed by atoms with E-state index in [0.29, 0.717) is 22.0 Å². The van der Waals surface area contributed by atoms with Crippen molar-refractivity contribution in [2.45, 2.75) is 0 Å². The number of carbonyl (C=O) groups is 1. The van der Waals surface area contributed by atoms with Crippen molar-refractivity contribution in [1.82, 2.24) is 0 Å². The van der Waals surface area contributed by atoms with E-state index in [4.69, 9.17) is 17.3 Å². The maximum atomic E-state index is 12.1. The Balaban J connectivity index is 2.28. The second-order valence-corrected chi connectivity index (χ2v) is 6.06. The van der Waals surface area contributed by atoms with Crippen molar-refractivity contribution in [2.24, 2.45) is 0 Å². The molecule has 0 saturated heterocycles. The Bertz CT molecular complexity index is 626. The molecule has 0 fully saturated rings. The molecule has 2 rings (SSSR count). The lowest BCUT2D eigenvalue weighted by molar-refractivity contribution is 0.102. The lowest BCUT2D eigenvalue weighted by Crippen LogP contribution is -2.12. The number of nitrogens with two attached hydrogens (primary N) is 1. The summed E-state index contributed by atoms with van der Waals surface area (Å²) in [5.74, 6) is -0.255. The average molecular weight is 404 g/mol. The summed E-state index contributed by atoms with van der Waals surface area (Å²) in [6.07, 6.45) is 0. The molecule has 0 radical (unpaired) electrons. The Hall–Kier alpha value is -1.04. The maximum absolute atomic E-state index is 12.1. The van der Waals surface area contributed by atoms with E-state index < -0.39 is 0 Å². The molecule has 2 aromatic carbocycles. The number of amides is 1. The fourth-order valence-electron chi connectivity index (χ4n) is 1.52. The van der Waals surface area contributed by atoms with Crippen molar-refractivity contribution < 1.29 is 4.79 Å². The maximum Gasteiger partial charge on any atom is 0.255 e. The number of anilines is 2. The third-order valence-corrected chi connectivity index (χ3v) is 3.73. The molecule has 0 bridgehead atoms. The standard InChI is InChI=1S/C13H9Br2ClN2O/c14-8-3-7(4-9(16)5-8)13(19)18-12-6-10(17)1-2-11(12)15/h1-6H,17H2,(H,18,19). The highest BCUT2D eigenvalue weighted by molar-refractivity contribution is 9.10. The van der Waals surface area contributed by atoms with Gasteiger partial charge in [0.05, 0.1) is 5.69 Å². The number of carbonyl (C=O) groups excluding carboxylic acids is 1. The Kier molecular flexibility index (Phi) is 4.50. The fourth-order valence-corrected chi connectivity index (χ4v) is 2.72. The van der Waals surface area contributed by atoms with E-state index >= 15 is 0 Å². The highest BCUT2D eigenvalue weighted by Gasteiger charge is 2.10. The quantitative estimate of drug-likeness (QED) is 0.713. The monoisotopic (exact) mass is 402 g/mol. The summed E-state index contributed by atoms with van der Waals surface area (Å²) in [4.78, 5) is 12.1. The summed E-state index contributed by atoms with van der Waals surface area (Å²) in [6, 6.07) is 10.2. The van der Waals surface area contributed by atoms with Crippen LogP contribution < -0.4 is 11.1 Å². The van der Waals surface area contributed by atoms with Crippen LogP contribution in [0.2, 0.25) is 5.02 Å². The summed E-state index contributed by atoms with van der Waals surface area (Å²) < 4.78 is 1.51. The zero-order valence-corrected chi connectivity index (χ0v) is 13.5. The SMILES string of the molecule is Nc1ccc(Br)c(NC(=O)c2cc(Cl)cc(Br)c2)c1. The van der Waals surface area contributed by atoms with Crippen LogP contribution in [-0.2, 0) is 0 Å². The molecule has 0 aliphatic rings. The molecule has 19 heavy (non-hydrogen) atoms. The van der Waals surface area contributed by atoms with Gasteiger partial charge in [-0.2, -0.15) is 0 Å². The van der Waals surface area contributed by atoms with Gasteiger partial charge in [0.1, 0.15) is 0 Å². The van der Waals surface area contributed by atoms with Crippen LogP contribution in [-0.4, -0.2) is 5.91 Å². The molecular formula is C13H9Br2ClN2O. The minimum Gasteiger partial charge on any atom is -0.399 e. The van der Waals surface area contributed by atoms with Crippen LogP contribution in [0.3, 0.4) is 0 Å². The number of hydrogen-bond acceptors (Lipinski definition) is 2. The van der Waals surface area contributed by atoms with Crippen LogP contribution in [0, 0.1) is 0 Å². The molecule has 0 unspecified atom stereocenters. The van der Waals surface area contributed by atoms with Crippen molar-refractivity contribution >= 4 is 60.7 Å². The zero-order valence-electron chi connectivity index (χ0n) is 9.58. The molecule has 2 aromatic rings. The largest absolute Gasteiger partial charge is 0.399 e. The number of rotatable bonds is 2. The molecule has 0 aliphatic carbocycles. The summed E-state index contributed by atoms with van der Waals surface area (Å²) in [5, 5.41) is 3.27. The van der Waals surface area contributed by atoms with Crippen molar-refractivity contribution in [3.05, 3.63) is 55.9 Å². The molecule has 98 valence electrons. The molecule has 0 spiro atoms. The summed E-state index contributed by atoms with van der Waals surface area (Å²) in [5.41, 5.74) is 7.34. The van der Waals surface area contributed by atoms with Gasteiger partial charge in [-0.15, -0.1) is 0 Å². The minimum atomic E-state index is -0.255. The summed E-state index contributed by atoms with van der Waals surface area (Å²) in [7, 11) is 0. The van der Waals surface area contributed by atoms with Gasteiger partial charge in [0.15, 0.2) is 0 Å². The molecule has 0 aromatic heterocycles. The first-order chi connectivity index (χ1) is 8.95. The number of nitrogens with one attached hydrogen (secondary N) is 1.